The molecular weight excluding hydrogens is 368 g/mol. The minimum absolute atomic E-state index is 0.271. The molecule has 6 nitrogen and oxygen atoms in total. The van der Waals surface area contributed by atoms with E-state index in [0.717, 1.165) is 5.56 Å². The molecule has 3 rings (SSSR count). The molecule has 0 aliphatic heterocycles. The number of amides is 2. The second-order valence-electron chi connectivity index (χ2n) is 6.26. The van der Waals surface area contributed by atoms with Crippen molar-refractivity contribution in [3.8, 4) is 11.5 Å². The van der Waals surface area contributed by atoms with Crippen LogP contribution in [0.2, 0.25) is 0 Å². The van der Waals surface area contributed by atoms with Crippen molar-refractivity contribution in [1.82, 2.24) is 5.32 Å². The summed E-state index contributed by atoms with van der Waals surface area (Å²) in [7, 11) is 3.15. The molecule has 0 atom stereocenters. The monoisotopic (exact) mass is 390 g/mol. The molecule has 6 heteroatoms. The summed E-state index contributed by atoms with van der Waals surface area (Å²) in [5.41, 5.74) is 2.27. The van der Waals surface area contributed by atoms with E-state index in [1.54, 1.807) is 62.8 Å². The Morgan fingerprint density at radius 2 is 1.52 bits per heavy atom. The first-order chi connectivity index (χ1) is 14.1. The quantitative estimate of drug-likeness (QED) is 0.642. The number of benzene rings is 3. The first kappa shape index (κ1) is 19.9. The molecule has 0 aromatic heterocycles. The van der Waals surface area contributed by atoms with E-state index in [9.17, 15) is 9.59 Å². The predicted molar refractivity (Wildman–Crippen MR) is 112 cm³/mol. The Morgan fingerprint density at radius 3 is 2.28 bits per heavy atom. The minimum Gasteiger partial charge on any atom is -0.497 e. The van der Waals surface area contributed by atoms with Crippen LogP contribution in [0.4, 0.5) is 5.69 Å². The largest absolute Gasteiger partial charge is 0.497 e. The summed E-state index contributed by atoms with van der Waals surface area (Å²) in [6.07, 6.45) is 0. The molecule has 3 aromatic carbocycles. The normalized spacial score (nSPS) is 10.1. The maximum absolute atomic E-state index is 12.6. The first-order valence-electron chi connectivity index (χ1n) is 9.06. The number of hydrogen-bond acceptors (Lipinski definition) is 4. The molecule has 0 heterocycles. The van der Waals surface area contributed by atoms with Crippen molar-refractivity contribution >= 4 is 17.5 Å². The number of methoxy groups -OCH3 is 2. The summed E-state index contributed by atoms with van der Waals surface area (Å²) in [6, 6.07) is 21.1. The van der Waals surface area contributed by atoms with Gasteiger partial charge in [-0.2, -0.15) is 0 Å². The Bertz CT molecular complexity index is 1020. The van der Waals surface area contributed by atoms with Crippen molar-refractivity contribution in [3.05, 3.63) is 89.5 Å². The summed E-state index contributed by atoms with van der Waals surface area (Å²) in [4.78, 5) is 25.1. The van der Waals surface area contributed by atoms with Crippen molar-refractivity contribution in [2.24, 2.45) is 0 Å². The molecule has 0 bridgehead atoms. The van der Waals surface area contributed by atoms with Crippen molar-refractivity contribution < 1.29 is 19.1 Å². The number of nitrogens with one attached hydrogen (secondary N) is 2. The van der Waals surface area contributed by atoms with Crippen LogP contribution in [0.15, 0.2) is 72.8 Å². The third-order valence-electron chi connectivity index (χ3n) is 4.35. The van der Waals surface area contributed by atoms with Gasteiger partial charge in [-0.1, -0.05) is 30.3 Å². The molecule has 0 fully saturated rings. The third kappa shape index (κ3) is 5.13. The molecule has 2 amide bonds. The molecule has 2 N–H and O–H groups in total. The van der Waals surface area contributed by atoms with Crippen LogP contribution in [0.3, 0.4) is 0 Å². The van der Waals surface area contributed by atoms with Gasteiger partial charge in [-0.25, -0.2) is 0 Å². The number of anilines is 1. The Kier molecular flexibility index (Phi) is 6.47. The zero-order valence-corrected chi connectivity index (χ0v) is 16.3. The van der Waals surface area contributed by atoms with Gasteiger partial charge in [-0.05, 0) is 36.4 Å². The average Bonchev–Trinajstić information content (AvgIpc) is 2.77. The fourth-order valence-electron chi connectivity index (χ4n) is 2.83. The fraction of sp³-hybridized carbons (Fsp3) is 0.130. The van der Waals surface area contributed by atoms with Gasteiger partial charge >= 0.3 is 0 Å². The zero-order valence-electron chi connectivity index (χ0n) is 16.3. The summed E-state index contributed by atoms with van der Waals surface area (Å²) < 4.78 is 10.5. The summed E-state index contributed by atoms with van der Waals surface area (Å²) in [5.74, 6) is 0.774. The van der Waals surface area contributed by atoms with Crippen LogP contribution in [0.5, 0.6) is 11.5 Å². The minimum atomic E-state index is -0.308. The van der Waals surface area contributed by atoms with Crippen molar-refractivity contribution in [3.63, 3.8) is 0 Å². The van der Waals surface area contributed by atoms with Crippen LogP contribution < -0.4 is 20.1 Å². The van der Waals surface area contributed by atoms with E-state index in [0.29, 0.717) is 34.9 Å². The summed E-state index contributed by atoms with van der Waals surface area (Å²) in [5, 5.41) is 5.66. The maximum Gasteiger partial charge on any atom is 0.255 e. The Balaban J connectivity index is 1.68. The second-order valence-corrected chi connectivity index (χ2v) is 6.26. The average molecular weight is 390 g/mol. The Morgan fingerprint density at radius 1 is 0.793 bits per heavy atom. The Labute approximate surface area is 169 Å². The second kappa shape index (κ2) is 9.41. The number of hydrogen-bond donors (Lipinski definition) is 2. The van der Waals surface area contributed by atoms with Gasteiger partial charge in [0.25, 0.3) is 11.8 Å². The van der Waals surface area contributed by atoms with E-state index in [4.69, 9.17) is 9.47 Å². The molecule has 0 spiro atoms. The van der Waals surface area contributed by atoms with E-state index >= 15 is 0 Å². The van der Waals surface area contributed by atoms with Crippen molar-refractivity contribution in [2.75, 3.05) is 19.5 Å². The van der Waals surface area contributed by atoms with E-state index in [-0.39, 0.29) is 11.8 Å². The van der Waals surface area contributed by atoms with E-state index in [2.05, 4.69) is 10.6 Å². The number of rotatable bonds is 7. The molecule has 0 radical (unpaired) electrons. The number of carbonyl (C=O) groups excluding carboxylic acids is 2. The molecular formula is C23H22N2O4. The Hall–Kier alpha value is -3.80. The highest BCUT2D eigenvalue weighted by molar-refractivity contribution is 6.06. The van der Waals surface area contributed by atoms with E-state index in [1.807, 2.05) is 24.3 Å². The van der Waals surface area contributed by atoms with Gasteiger partial charge in [0.05, 0.1) is 14.2 Å². The molecule has 0 saturated carbocycles. The number of carbonyl (C=O) groups is 2. The SMILES string of the molecule is COc1cccc(NC(=O)c2cccc(C(=O)NCc3ccccc3OC)c2)c1. The van der Waals surface area contributed by atoms with Gasteiger partial charge in [0, 0.05) is 35.0 Å². The predicted octanol–water partition coefficient (Wildman–Crippen LogP) is 3.89. The highest BCUT2D eigenvalue weighted by Gasteiger charge is 2.12. The summed E-state index contributed by atoms with van der Waals surface area (Å²) >= 11 is 0. The maximum atomic E-state index is 12.6. The van der Waals surface area contributed by atoms with Gasteiger partial charge < -0.3 is 20.1 Å². The molecule has 0 saturated heterocycles. The number of para-hydroxylation sites is 1. The first-order valence-corrected chi connectivity index (χ1v) is 9.06. The lowest BCUT2D eigenvalue weighted by Gasteiger charge is -2.10. The van der Waals surface area contributed by atoms with Gasteiger partial charge in [-0.15, -0.1) is 0 Å². The molecule has 0 aliphatic rings. The van der Waals surface area contributed by atoms with Crippen LogP contribution >= 0.6 is 0 Å². The molecule has 148 valence electrons. The van der Waals surface area contributed by atoms with Gasteiger partial charge in [0.2, 0.25) is 0 Å². The van der Waals surface area contributed by atoms with Crippen LogP contribution in [0.25, 0.3) is 0 Å². The van der Waals surface area contributed by atoms with Gasteiger partial charge in [-0.3, -0.25) is 9.59 Å². The molecule has 29 heavy (non-hydrogen) atoms. The third-order valence-corrected chi connectivity index (χ3v) is 4.35. The van der Waals surface area contributed by atoms with Crippen LogP contribution in [-0.4, -0.2) is 26.0 Å². The lowest BCUT2D eigenvalue weighted by Crippen LogP contribution is -2.23. The van der Waals surface area contributed by atoms with E-state index < -0.39 is 0 Å². The summed E-state index contributed by atoms with van der Waals surface area (Å²) in [6.45, 7) is 0.323. The van der Waals surface area contributed by atoms with Crippen LogP contribution in [0.1, 0.15) is 26.3 Å². The van der Waals surface area contributed by atoms with Crippen molar-refractivity contribution in [2.45, 2.75) is 6.54 Å². The van der Waals surface area contributed by atoms with Gasteiger partial charge in [0.1, 0.15) is 11.5 Å². The van der Waals surface area contributed by atoms with Crippen LogP contribution in [0, 0.1) is 0 Å². The zero-order chi connectivity index (χ0) is 20.6. The topological polar surface area (TPSA) is 76.7 Å². The lowest BCUT2D eigenvalue weighted by molar-refractivity contribution is 0.0950. The standard InChI is InChI=1S/C23H22N2O4/c1-28-20-11-6-10-19(14-20)25-23(27)17-9-5-8-16(13-17)22(26)24-15-18-7-3-4-12-21(18)29-2/h3-14H,15H2,1-2H3,(H,24,26)(H,25,27). The molecule has 3 aromatic rings. The lowest BCUT2D eigenvalue weighted by atomic mass is 10.1. The van der Waals surface area contributed by atoms with Crippen molar-refractivity contribution in [1.29, 1.82) is 0 Å². The number of ether oxygens (including phenoxy) is 2. The molecule has 0 unspecified atom stereocenters. The van der Waals surface area contributed by atoms with Crippen LogP contribution in [-0.2, 0) is 6.54 Å². The molecule has 0 aliphatic carbocycles. The smallest absolute Gasteiger partial charge is 0.255 e. The highest BCUT2D eigenvalue weighted by Crippen LogP contribution is 2.19. The van der Waals surface area contributed by atoms with Gasteiger partial charge in [0.15, 0.2) is 0 Å². The highest BCUT2D eigenvalue weighted by atomic mass is 16.5. The fourth-order valence-corrected chi connectivity index (χ4v) is 2.83. The van der Waals surface area contributed by atoms with E-state index in [1.165, 1.54) is 0 Å².